The van der Waals surface area contributed by atoms with Crippen molar-refractivity contribution < 1.29 is 14.6 Å². The SMILES string of the molecule is COCCCN(C)C1CCC(NC(C)C)(C(=O)O)C1. The van der Waals surface area contributed by atoms with Crippen LogP contribution < -0.4 is 5.32 Å². The van der Waals surface area contributed by atoms with E-state index in [4.69, 9.17) is 4.74 Å². The topological polar surface area (TPSA) is 61.8 Å². The van der Waals surface area contributed by atoms with Crippen molar-refractivity contribution in [3.63, 3.8) is 0 Å². The van der Waals surface area contributed by atoms with E-state index >= 15 is 0 Å². The lowest BCUT2D eigenvalue weighted by Gasteiger charge is -2.30. The van der Waals surface area contributed by atoms with Crippen molar-refractivity contribution >= 4 is 5.97 Å². The lowest BCUT2D eigenvalue weighted by Crippen LogP contribution is -2.53. The molecule has 1 aliphatic carbocycles. The van der Waals surface area contributed by atoms with Crippen LogP contribution in [-0.4, -0.2) is 60.9 Å². The van der Waals surface area contributed by atoms with Gasteiger partial charge in [0.25, 0.3) is 0 Å². The van der Waals surface area contributed by atoms with E-state index in [-0.39, 0.29) is 6.04 Å². The van der Waals surface area contributed by atoms with Crippen LogP contribution in [0.4, 0.5) is 0 Å². The zero-order chi connectivity index (χ0) is 14.5. The quantitative estimate of drug-likeness (QED) is 0.653. The fourth-order valence-electron chi connectivity index (χ4n) is 2.98. The van der Waals surface area contributed by atoms with Crippen molar-refractivity contribution in [2.45, 2.75) is 57.2 Å². The summed E-state index contributed by atoms with van der Waals surface area (Å²) in [5, 5.41) is 12.8. The fourth-order valence-corrected chi connectivity index (χ4v) is 2.98. The number of methoxy groups -OCH3 is 1. The second kappa shape index (κ2) is 7.22. The molecule has 0 radical (unpaired) electrons. The van der Waals surface area contributed by atoms with Crippen LogP contribution in [0.2, 0.25) is 0 Å². The number of rotatable bonds is 8. The molecule has 0 spiro atoms. The molecular weight excluding hydrogens is 244 g/mol. The third-order valence-electron chi connectivity index (χ3n) is 3.95. The normalized spacial score (nSPS) is 27.4. The number of carboxylic acid groups (broad SMARTS) is 1. The second-order valence-corrected chi connectivity index (χ2v) is 5.91. The summed E-state index contributed by atoms with van der Waals surface area (Å²) in [7, 11) is 3.78. The molecule has 2 atom stereocenters. The van der Waals surface area contributed by atoms with Gasteiger partial charge < -0.3 is 14.7 Å². The molecule has 0 saturated heterocycles. The molecule has 0 amide bonds. The largest absolute Gasteiger partial charge is 0.480 e. The Balaban J connectivity index is 2.55. The van der Waals surface area contributed by atoms with E-state index in [9.17, 15) is 9.90 Å². The van der Waals surface area contributed by atoms with Gasteiger partial charge in [0.2, 0.25) is 0 Å². The maximum Gasteiger partial charge on any atom is 0.323 e. The van der Waals surface area contributed by atoms with Gasteiger partial charge in [0.15, 0.2) is 0 Å². The van der Waals surface area contributed by atoms with Gasteiger partial charge in [-0.1, -0.05) is 0 Å². The summed E-state index contributed by atoms with van der Waals surface area (Å²) in [6.45, 7) is 5.71. The Hall–Kier alpha value is -0.650. The van der Waals surface area contributed by atoms with Crippen LogP contribution in [0.5, 0.6) is 0 Å². The van der Waals surface area contributed by atoms with E-state index < -0.39 is 11.5 Å². The molecular formula is C14H28N2O3. The molecule has 1 saturated carbocycles. The first-order valence-corrected chi connectivity index (χ1v) is 7.11. The summed E-state index contributed by atoms with van der Waals surface area (Å²) < 4.78 is 5.05. The minimum Gasteiger partial charge on any atom is -0.480 e. The predicted octanol–water partition coefficient (Wildman–Crippen LogP) is 1.33. The minimum atomic E-state index is -0.742. The highest BCUT2D eigenvalue weighted by atomic mass is 16.5. The summed E-state index contributed by atoms with van der Waals surface area (Å²) in [6, 6.07) is 0.535. The van der Waals surface area contributed by atoms with Gasteiger partial charge in [-0.2, -0.15) is 0 Å². The highest BCUT2D eigenvalue weighted by Crippen LogP contribution is 2.33. The molecule has 1 rings (SSSR count). The number of nitrogens with zero attached hydrogens (tertiary/aromatic N) is 1. The van der Waals surface area contributed by atoms with E-state index in [2.05, 4.69) is 17.3 Å². The Kier molecular flexibility index (Phi) is 6.23. The standard InChI is InChI=1S/C14H28N2O3/c1-11(2)15-14(13(17)18)7-6-12(10-14)16(3)8-5-9-19-4/h11-12,15H,5-10H2,1-4H3,(H,17,18). The fraction of sp³-hybridized carbons (Fsp3) is 0.929. The first kappa shape index (κ1) is 16.4. The van der Waals surface area contributed by atoms with Crippen molar-refractivity contribution in [1.29, 1.82) is 0 Å². The lowest BCUT2D eigenvalue weighted by molar-refractivity contribution is -0.145. The molecule has 0 aromatic heterocycles. The maximum atomic E-state index is 11.6. The number of ether oxygens (including phenoxy) is 1. The molecule has 2 unspecified atom stereocenters. The molecule has 0 bridgehead atoms. The van der Waals surface area contributed by atoms with E-state index in [1.807, 2.05) is 13.8 Å². The Labute approximate surface area is 116 Å². The summed E-state index contributed by atoms with van der Waals surface area (Å²) in [5.74, 6) is -0.714. The number of carbonyl (C=O) groups is 1. The Morgan fingerprint density at radius 1 is 1.58 bits per heavy atom. The van der Waals surface area contributed by atoms with Crippen molar-refractivity contribution in [2.75, 3.05) is 27.3 Å². The van der Waals surface area contributed by atoms with Gasteiger partial charge in [-0.25, -0.2) is 0 Å². The first-order chi connectivity index (χ1) is 8.91. The van der Waals surface area contributed by atoms with Gasteiger partial charge in [0, 0.05) is 32.3 Å². The summed E-state index contributed by atoms with van der Waals surface area (Å²) in [5.41, 5.74) is -0.742. The predicted molar refractivity (Wildman–Crippen MR) is 75.4 cm³/mol. The van der Waals surface area contributed by atoms with E-state index in [1.165, 1.54) is 0 Å². The van der Waals surface area contributed by atoms with Crippen LogP contribution in [0.3, 0.4) is 0 Å². The average molecular weight is 272 g/mol. The monoisotopic (exact) mass is 272 g/mol. The number of hydrogen-bond acceptors (Lipinski definition) is 4. The van der Waals surface area contributed by atoms with Crippen LogP contribution in [0.25, 0.3) is 0 Å². The Morgan fingerprint density at radius 2 is 2.26 bits per heavy atom. The molecule has 112 valence electrons. The van der Waals surface area contributed by atoms with Crippen LogP contribution in [-0.2, 0) is 9.53 Å². The molecule has 0 heterocycles. The van der Waals surface area contributed by atoms with Gasteiger partial charge in [0.1, 0.15) is 5.54 Å². The zero-order valence-electron chi connectivity index (χ0n) is 12.6. The minimum absolute atomic E-state index is 0.189. The van der Waals surface area contributed by atoms with Crippen LogP contribution in [0.15, 0.2) is 0 Å². The van der Waals surface area contributed by atoms with Crippen LogP contribution >= 0.6 is 0 Å². The third-order valence-corrected chi connectivity index (χ3v) is 3.95. The summed E-state index contributed by atoms with van der Waals surface area (Å²) >= 11 is 0. The van der Waals surface area contributed by atoms with E-state index in [0.717, 1.165) is 26.0 Å². The first-order valence-electron chi connectivity index (χ1n) is 7.11. The van der Waals surface area contributed by atoms with Crippen molar-refractivity contribution in [3.8, 4) is 0 Å². The molecule has 1 fully saturated rings. The molecule has 5 nitrogen and oxygen atoms in total. The number of carboxylic acids is 1. The molecule has 0 aliphatic heterocycles. The molecule has 5 heteroatoms. The number of nitrogens with one attached hydrogen (secondary N) is 1. The Morgan fingerprint density at radius 3 is 2.79 bits per heavy atom. The average Bonchev–Trinajstić information content (AvgIpc) is 2.74. The number of hydrogen-bond donors (Lipinski definition) is 2. The van der Waals surface area contributed by atoms with Crippen molar-refractivity contribution in [1.82, 2.24) is 10.2 Å². The van der Waals surface area contributed by atoms with Crippen molar-refractivity contribution in [3.05, 3.63) is 0 Å². The van der Waals surface area contributed by atoms with Gasteiger partial charge in [-0.3, -0.25) is 10.1 Å². The smallest absolute Gasteiger partial charge is 0.323 e. The van der Waals surface area contributed by atoms with E-state index in [0.29, 0.717) is 18.9 Å². The molecule has 0 aromatic rings. The molecule has 1 aliphatic rings. The van der Waals surface area contributed by atoms with Gasteiger partial charge in [-0.15, -0.1) is 0 Å². The van der Waals surface area contributed by atoms with Gasteiger partial charge >= 0.3 is 5.97 Å². The van der Waals surface area contributed by atoms with Gasteiger partial charge in [0.05, 0.1) is 0 Å². The summed E-state index contributed by atoms with van der Waals surface area (Å²) in [6.07, 6.45) is 3.32. The highest BCUT2D eigenvalue weighted by Gasteiger charge is 2.46. The van der Waals surface area contributed by atoms with Crippen molar-refractivity contribution in [2.24, 2.45) is 0 Å². The molecule has 19 heavy (non-hydrogen) atoms. The lowest BCUT2D eigenvalue weighted by atomic mass is 9.96. The molecule has 2 N–H and O–H groups in total. The zero-order valence-corrected chi connectivity index (χ0v) is 12.6. The second-order valence-electron chi connectivity index (χ2n) is 5.91. The van der Waals surface area contributed by atoms with Crippen LogP contribution in [0, 0.1) is 0 Å². The number of aliphatic carboxylic acids is 1. The van der Waals surface area contributed by atoms with Gasteiger partial charge in [-0.05, 0) is 46.6 Å². The summed E-state index contributed by atoms with van der Waals surface area (Å²) in [4.78, 5) is 13.9. The molecule has 0 aromatic carbocycles. The third kappa shape index (κ3) is 4.44. The van der Waals surface area contributed by atoms with E-state index in [1.54, 1.807) is 7.11 Å². The van der Waals surface area contributed by atoms with Crippen LogP contribution in [0.1, 0.15) is 39.5 Å². The Bertz CT molecular complexity index is 296. The maximum absolute atomic E-state index is 11.6. The highest BCUT2D eigenvalue weighted by molar-refractivity contribution is 5.79.